The summed E-state index contributed by atoms with van der Waals surface area (Å²) in [5, 5.41) is 5.62. The fourth-order valence-corrected chi connectivity index (χ4v) is 2.08. The van der Waals surface area contributed by atoms with Crippen LogP contribution in [-0.4, -0.2) is 16.1 Å². The van der Waals surface area contributed by atoms with Crippen molar-refractivity contribution in [3.8, 4) is 0 Å². The Labute approximate surface area is 92.6 Å². The highest BCUT2D eigenvalue weighted by molar-refractivity contribution is 6.34. The van der Waals surface area contributed by atoms with Crippen molar-refractivity contribution >= 4 is 28.8 Å². The zero-order valence-electron chi connectivity index (χ0n) is 8.40. The number of aromatic nitrogens is 2. The second-order valence-electron chi connectivity index (χ2n) is 3.43. The number of rotatable bonds is 3. The standard InChI is InChI=1S/C11H11ClN2O/c1-14-9-6-2-4-8(5-3-7-15)10(9)11(12)13-14/h2,4,6-7H,3,5H2,1H3. The maximum atomic E-state index is 10.4. The molecular formula is C11H11ClN2O. The minimum absolute atomic E-state index is 0.508. The van der Waals surface area contributed by atoms with Crippen molar-refractivity contribution in [2.24, 2.45) is 7.05 Å². The Morgan fingerprint density at radius 3 is 3.07 bits per heavy atom. The van der Waals surface area contributed by atoms with Crippen molar-refractivity contribution in [3.63, 3.8) is 0 Å². The van der Waals surface area contributed by atoms with Gasteiger partial charge in [-0.1, -0.05) is 23.7 Å². The smallest absolute Gasteiger partial charge is 0.159 e. The van der Waals surface area contributed by atoms with Gasteiger partial charge in [0, 0.05) is 18.9 Å². The Kier molecular flexibility index (Phi) is 2.73. The van der Waals surface area contributed by atoms with Crippen LogP contribution >= 0.6 is 11.6 Å². The topological polar surface area (TPSA) is 34.9 Å². The molecule has 78 valence electrons. The van der Waals surface area contributed by atoms with Crippen LogP contribution in [-0.2, 0) is 18.3 Å². The largest absolute Gasteiger partial charge is 0.303 e. The molecule has 0 radical (unpaired) electrons. The lowest BCUT2D eigenvalue weighted by Crippen LogP contribution is -1.90. The van der Waals surface area contributed by atoms with Gasteiger partial charge in [0.05, 0.1) is 5.52 Å². The highest BCUT2D eigenvalue weighted by atomic mass is 35.5. The molecule has 0 N–H and O–H groups in total. The first-order valence-electron chi connectivity index (χ1n) is 4.77. The highest BCUT2D eigenvalue weighted by Crippen LogP contribution is 2.26. The van der Waals surface area contributed by atoms with Gasteiger partial charge in [0.25, 0.3) is 0 Å². The molecule has 0 fully saturated rings. The Balaban J connectivity index is 2.58. The van der Waals surface area contributed by atoms with Crippen LogP contribution < -0.4 is 0 Å². The SMILES string of the molecule is Cn1nc(Cl)c2c(CCC=O)cccc21. The molecule has 0 aliphatic heterocycles. The molecule has 0 atom stereocenters. The number of hydrogen-bond donors (Lipinski definition) is 0. The van der Waals surface area contributed by atoms with Crippen LogP contribution in [0.4, 0.5) is 0 Å². The minimum atomic E-state index is 0.508. The first-order valence-corrected chi connectivity index (χ1v) is 5.15. The van der Waals surface area contributed by atoms with Crippen molar-refractivity contribution in [1.82, 2.24) is 9.78 Å². The maximum Gasteiger partial charge on any atom is 0.159 e. The quantitative estimate of drug-likeness (QED) is 0.748. The van der Waals surface area contributed by atoms with E-state index in [1.165, 1.54) is 0 Å². The fraction of sp³-hybridized carbons (Fsp3) is 0.273. The Morgan fingerprint density at radius 2 is 2.33 bits per heavy atom. The van der Waals surface area contributed by atoms with E-state index >= 15 is 0 Å². The van der Waals surface area contributed by atoms with Gasteiger partial charge in [-0.05, 0) is 18.1 Å². The molecule has 0 aliphatic carbocycles. The molecule has 0 saturated heterocycles. The Hall–Kier alpha value is -1.35. The Morgan fingerprint density at radius 1 is 1.53 bits per heavy atom. The van der Waals surface area contributed by atoms with Crippen LogP contribution in [0.3, 0.4) is 0 Å². The second kappa shape index (κ2) is 4.03. The van der Waals surface area contributed by atoms with E-state index in [0.717, 1.165) is 22.8 Å². The molecule has 2 aromatic rings. The van der Waals surface area contributed by atoms with E-state index < -0.39 is 0 Å². The van der Waals surface area contributed by atoms with Crippen LogP contribution in [0.15, 0.2) is 18.2 Å². The third-order valence-corrected chi connectivity index (χ3v) is 2.72. The van der Waals surface area contributed by atoms with E-state index in [9.17, 15) is 4.79 Å². The number of carbonyl (C=O) groups excluding carboxylic acids is 1. The molecule has 1 aromatic heterocycles. The zero-order chi connectivity index (χ0) is 10.8. The van der Waals surface area contributed by atoms with Gasteiger partial charge in [-0.3, -0.25) is 4.68 Å². The van der Waals surface area contributed by atoms with Gasteiger partial charge in [0.15, 0.2) is 5.15 Å². The van der Waals surface area contributed by atoms with Crippen LogP contribution in [0.5, 0.6) is 0 Å². The van der Waals surface area contributed by atoms with Crippen LogP contribution in [0, 0.1) is 0 Å². The van der Waals surface area contributed by atoms with Gasteiger partial charge in [-0.25, -0.2) is 0 Å². The number of aldehydes is 1. The molecule has 4 heteroatoms. The molecular weight excluding hydrogens is 212 g/mol. The van der Waals surface area contributed by atoms with Crippen molar-refractivity contribution in [3.05, 3.63) is 28.9 Å². The fourth-order valence-electron chi connectivity index (χ4n) is 1.75. The van der Waals surface area contributed by atoms with Gasteiger partial charge >= 0.3 is 0 Å². The van der Waals surface area contributed by atoms with Gasteiger partial charge in [-0.2, -0.15) is 5.10 Å². The van der Waals surface area contributed by atoms with Crippen LogP contribution in [0.1, 0.15) is 12.0 Å². The first-order chi connectivity index (χ1) is 7.24. The number of carbonyl (C=O) groups is 1. The third kappa shape index (κ3) is 1.75. The number of halogens is 1. The molecule has 1 heterocycles. The third-order valence-electron chi connectivity index (χ3n) is 2.45. The predicted molar refractivity (Wildman–Crippen MR) is 60.1 cm³/mol. The molecule has 15 heavy (non-hydrogen) atoms. The molecule has 1 aromatic carbocycles. The lowest BCUT2D eigenvalue weighted by atomic mass is 10.1. The zero-order valence-corrected chi connectivity index (χ0v) is 9.16. The lowest BCUT2D eigenvalue weighted by Gasteiger charge is -2.00. The number of nitrogens with zero attached hydrogens (tertiary/aromatic N) is 2. The number of fused-ring (bicyclic) bond motifs is 1. The van der Waals surface area contributed by atoms with E-state index in [-0.39, 0.29) is 0 Å². The molecule has 2 rings (SSSR count). The average molecular weight is 223 g/mol. The average Bonchev–Trinajstić information content (AvgIpc) is 2.53. The molecule has 0 saturated carbocycles. The summed E-state index contributed by atoms with van der Waals surface area (Å²) in [6.07, 6.45) is 2.15. The van der Waals surface area contributed by atoms with Gasteiger partial charge in [-0.15, -0.1) is 0 Å². The predicted octanol–water partition coefficient (Wildman–Crippen LogP) is 2.36. The lowest BCUT2D eigenvalue weighted by molar-refractivity contribution is -0.107. The van der Waals surface area contributed by atoms with E-state index in [1.807, 2.05) is 25.2 Å². The van der Waals surface area contributed by atoms with Crippen molar-refractivity contribution in [2.45, 2.75) is 12.8 Å². The minimum Gasteiger partial charge on any atom is -0.303 e. The highest BCUT2D eigenvalue weighted by Gasteiger charge is 2.09. The van der Waals surface area contributed by atoms with E-state index in [2.05, 4.69) is 5.10 Å². The van der Waals surface area contributed by atoms with Crippen LogP contribution in [0.25, 0.3) is 10.9 Å². The normalized spacial score (nSPS) is 10.8. The van der Waals surface area contributed by atoms with Gasteiger partial charge < -0.3 is 4.79 Å². The first kappa shape index (κ1) is 10.2. The van der Waals surface area contributed by atoms with Crippen molar-refractivity contribution in [1.29, 1.82) is 0 Å². The summed E-state index contributed by atoms with van der Waals surface area (Å²) in [6, 6.07) is 5.92. The molecule has 0 spiro atoms. The molecule has 3 nitrogen and oxygen atoms in total. The summed E-state index contributed by atoms with van der Waals surface area (Å²) in [7, 11) is 1.86. The van der Waals surface area contributed by atoms with Crippen molar-refractivity contribution < 1.29 is 4.79 Å². The number of aryl methyl sites for hydroxylation is 2. The van der Waals surface area contributed by atoms with E-state index in [4.69, 9.17) is 11.6 Å². The number of hydrogen-bond acceptors (Lipinski definition) is 2. The van der Waals surface area contributed by atoms with Gasteiger partial charge in [0.1, 0.15) is 6.29 Å². The molecule has 0 amide bonds. The van der Waals surface area contributed by atoms with Crippen LogP contribution in [0.2, 0.25) is 5.15 Å². The maximum absolute atomic E-state index is 10.4. The Bertz CT molecular complexity index is 505. The molecule has 0 unspecified atom stereocenters. The summed E-state index contributed by atoms with van der Waals surface area (Å²) >= 11 is 6.04. The summed E-state index contributed by atoms with van der Waals surface area (Å²) in [4.78, 5) is 10.4. The van der Waals surface area contributed by atoms with Gasteiger partial charge in [0.2, 0.25) is 0 Å². The number of benzene rings is 1. The summed E-state index contributed by atoms with van der Waals surface area (Å²) in [5.41, 5.74) is 2.08. The summed E-state index contributed by atoms with van der Waals surface area (Å²) in [6.45, 7) is 0. The summed E-state index contributed by atoms with van der Waals surface area (Å²) < 4.78 is 1.75. The van der Waals surface area contributed by atoms with E-state index in [1.54, 1.807) is 4.68 Å². The van der Waals surface area contributed by atoms with E-state index in [0.29, 0.717) is 18.0 Å². The monoisotopic (exact) mass is 222 g/mol. The molecule has 0 aliphatic rings. The summed E-state index contributed by atoms with van der Waals surface area (Å²) in [5.74, 6) is 0. The second-order valence-corrected chi connectivity index (χ2v) is 3.79. The van der Waals surface area contributed by atoms with Crippen molar-refractivity contribution in [2.75, 3.05) is 0 Å². The molecule has 0 bridgehead atoms.